The lowest BCUT2D eigenvalue weighted by atomic mass is 9.70. The van der Waals surface area contributed by atoms with Gasteiger partial charge in [-0.3, -0.25) is 0 Å². The fraction of sp³-hybridized carbons (Fsp3) is 0.0204. The summed E-state index contributed by atoms with van der Waals surface area (Å²) in [6, 6.07) is 68.0. The molecule has 0 saturated heterocycles. The molecule has 9 aromatic carbocycles. The highest BCUT2D eigenvalue weighted by Gasteiger charge is 2.52. The topological polar surface area (TPSA) is 0 Å². The lowest BCUT2D eigenvalue weighted by Crippen LogP contribution is -2.25. The number of hydrogen-bond acceptors (Lipinski definition) is 0. The highest BCUT2D eigenvalue weighted by molar-refractivity contribution is 6.15. The van der Waals surface area contributed by atoms with Crippen LogP contribution in [0.15, 0.2) is 182 Å². The molecule has 0 aliphatic heterocycles. The van der Waals surface area contributed by atoms with Gasteiger partial charge in [0.2, 0.25) is 0 Å². The van der Waals surface area contributed by atoms with Gasteiger partial charge in [0.1, 0.15) is 0 Å². The first-order valence-corrected chi connectivity index (χ1v) is 17.2. The van der Waals surface area contributed by atoms with Crippen molar-refractivity contribution in [2.24, 2.45) is 0 Å². The summed E-state index contributed by atoms with van der Waals surface area (Å²) < 4.78 is 0. The second kappa shape index (κ2) is 9.89. The van der Waals surface area contributed by atoms with Crippen LogP contribution in [0.2, 0.25) is 0 Å². The van der Waals surface area contributed by atoms with Crippen LogP contribution in [0.3, 0.4) is 0 Å². The SMILES string of the molecule is c1ccc2c(c1)-c1ccccc1C21c2ccccc2-c2c1cc(-c1ccc(-c3ccc4ccccc4c3)c3ccccc13)c1ccccc21. The van der Waals surface area contributed by atoms with Gasteiger partial charge in [0, 0.05) is 0 Å². The molecule has 0 fully saturated rings. The van der Waals surface area contributed by atoms with E-state index in [-0.39, 0.29) is 0 Å². The second-order valence-electron chi connectivity index (χ2n) is 13.5. The van der Waals surface area contributed by atoms with Crippen LogP contribution in [-0.4, -0.2) is 0 Å². The van der Waals surface area contributed by atoms with E-state index >= 15 is 0 Å². The molecule has 2 aliphatic rings. The van der Waals surface area contributed by atoms with E-state index in [0.717, 1.165) is 0 Å². The molecule has 1 spiro atoms. The van der Waals surface area contributed by atoms with Gasteiger partial charge in [-0.05, 0) is 111 Å². The lowest BCUT2D eigenvalue weighted by Gasteiger charge is -2.31. The Balaban J connectivity index is 1.24. The molecule has 49 heavy (non-hydrogen) atoms. The van der Waals surface area contributed by atoms with Gasteiger partial charge in [0.05, 0.1) is 5.41 Å². The van der Waals surface area contributed by atoms with Crippen molar-refractivity contribution in [3.05, 3.63) is 204 Å². The Morgan fingerprint density at radius 1 is 0.265 bits per heavy atom. The molecule has 0 nitrogen and oxygen atoms in total. The molecule has 0 radical (unpaired) electrons. The molecule has 11 rings (SSSR count). The van der Waals surface area contributed by atoms with E-state index in [0.29, 0.717) is 0 Å². The lowest BCUT2D eigenvalue weighted by molar-refractivity contribution is 0.795. The molecule has 2 aliphatic carbocycles. The smallest absolute Gasteiger partial charge is 0.0619 e. The van der Waals surface area contributed by atoms with E-state index in [1.54, 1.807) is 0 Å². The van der Waals surface area contributed by atoms with Crippen LogP contribution in [0.4, 0.5) is 0 Å². The van der Waals surface area contributed by atoms with Crippen LogP contribution in [0, 0.1) is 0 Å². The largest absolute Gasteiger partial charge is 0.0725 e. The number of benzene rings is 9. The molecule has 0 saturated carbocycles. The standard InChI is InChI=1S/C49H30/c1-2-14-32-29-33(26-25-31(32)13-1)34-27-28-38(36-16-4-3-15-35(34)36)43-30-47-48(41-20-6-5-17-37(41)43)42-21-9-12-24-46(42)49(47)44-22-10-7-18-39(44)40-19-8-11-23-45(40)49/h1-30H. The van der Waals surface area contributed by atoms with E-state index in [2.05, 4.69) is 182 Å². The van der Waals surface area contributed by atoms with Gasteiger partial charge in [0.25, 0.3) is 0 Å². The molecule has 0 atom stereocenters. The van der Waals surface area contributed by atoms with Crippen LogP contribution in [0.25, 0.3) is 76.8 Å². The normalized spacial score (nSPS) is 13.5. The maximum absolute atomic E-state index is 2.55. The molecule has 0 aromatic heterocycles. The zero-order chi connectivity index (χ0) is 32.1. The molecular weight excluding hydrogens is 589 g/mol. The summed E-state index contributed by atoms with van der Waals surface area (Å²) in [5, 5.41) is 7.67. The summed E-state index contributed by atoms with van der Waals surface area (Å²) in [5.74, 6) is 0. The maximum atomic E-state index is 2.55. The van der Waals surface area contributed by atoms with E-state index in [1.165, 1.54) is 99.1 Å². The Kier molecular flexibility index (Phi) is 5.41. The van der Waals surface area contributed by atoms with Gasteiger partial charge >= 0.3 is 0 Å². The van der Waals surface area contributed by atoms with Gasteiger partial charge in [-0.1, -0.05) is 170 Å². The maximum Gasteiger partial charge on any atom is 0.0725 e. The molecule has 0 N–H and O–H groups in total. The molecule has 0 heterocycles. The number of hydrogen-bond donors (Lipinski definition) is 0. The van der Waals surface area contributed by atoms with Gasteiger partial charge in [-0.25, -0.2) is 0 Å². The first-order valence-electron chi connectivity index (χ1n) is 17.2. The van der Waals surface area contributed by atoms with Crippen LogP contribution in [-0.2, 0) is 5.41 Å². The van der Waals surface area contributed by atoms with Crippen molar-refractivity contribution >= 4 is 32.3 Å². The third-order valence-corrected chi connectivity index (χ3v) is 11.3. The highest BCUT2D eigenvalue weighted by Crippen LogP contribution is 2.64. The predicted octanol–water partition coefficient (Wildman–Crippen LogP) is 12.8. The zero-order valence-electron chi connectivity index (χ0n) is 26.8. The van der Waals surface area contributed by atoms with Gasteiger partial charge in [-0.15, -0.1) is 0 Å². The average molecular weight is 619 g/mol. The molecule has 0 unspecified atom stereocenters. The van der Waals surface area contributed by atoms with Crippen LogP contribution >= 0.6 is 0 Å². The van der Waals surface area contributed by atoms with Crippen molar-refractivity contribution in [1.82, 2.24) is 0 Å². The van der Waals surface area contributed by atoms with Crippen molar-refractivity contribution in [2.75, 3.05) is 0 Å². The van der Waals surface area contributed by atoms with Crippen LogP contribution < -0.4 is 0 Å². The summed E-state index contributed by atoms with van der Waals surface area (Å²) in [5.41, 5.74) is 15.5. The third kappa shape index (κ3) is 3.48. The minimum absolute atomic E-state index is 0.390. The molecular formula is C49H30. The van der Waals surface area contributed by atoms with Crippen molar-refractivity contribution in [1.29, 1.82) is 0 Å². The van der Waals surface area contributed by atoms with Crippen molar-refractivity contribution < 1.29 is 0 Å². The van der Waals surface area contributed by atoms with Gasteiger partial charge < -0.3 is 0 Å². The van der Waals surface area contributed by atoms with Crippen LogP contribution in [0.1, 0.15) is 22.3 Å². The van der Waals surface area contributed by atoms with Gasteiger partial charge in [-0.2, -0.15) is 0 Å². The Labute approximate surface area is 285 Å². The first kappa shape index (κ1) is 26.8. The zero-order valence-corrected chi connectivity index (χ0v) is 26.8. The van der Waals surface area contributed by atoms with Crippen molar-refractivity contribution in [2.45, 2.75) is 5.41 Å². The highest BCUT2D eigenvalue weighted by atomic mass is 14.5. The minimum Gasteiger partial charge on any atom is -0.0619 e. The Hall–Kier alpha value is -6.24. The molecule has 0 heteroatoms. The second-order valence-corrected chi connectivity index (χ2v) is 13.5. The summed E-state index contributed by atoms with van der Waals surface area (Å²) >= 11 is 0. The van der Waals surface area contributed by atoms with Crippen LogP contribution in [0.5, 0.6) is 0 Å². The summed E-state index contributed by atoms with van der Waals surface area (Å²) in [6.07, 6.45) is 0. The molecule has 0 amide bonds. The number of rotatable bonds is 2. The Bertz CT molecular complexity index is 2790. The Morgan fingerprint density at radius 3 is 1.45 bits per heavy atom. The summed E-state index contributed by atoms with van der Waals surface area (Å²) in [7, 11) is 0. The molecule has 9 aromatic rings. The fourth-order valence-corrected chi connectivity index (χ4v) is 9.32. The molecule has 226 valence electrons. The third-order valence-electron chi connectivity index (χ3n) is 11.3. The quantitative estimate of drug-likeness (QED) is 0.181. The predicted molar refractivity (Wildman–Crippen MR) is 206 cm³/mol. The summed E-state index contributed by atoms with van der Waals surface area (Å²) in [4.78, 5) is 0. The van der Waals surface area contributed by atoms with Crippen molar-refractivity contribution in [3.8, 4) is 44.5 Å². The monoisotopic (exact) mass is 618 g/mol. The molecule has 0 bridgehead atoms. The van der Waals surface area contributed by atoms with E-state index < -0.39 is 5.41 Å². The van der Waals surface area contributed by atoms with Gasteiger partial charge in [0.15, 0.2) is 0 Å². The number of fused-ring (bicyclic) bond motifs is 14. The summed E-state index contributed by atoms with van der Waals surface area (Å²) in [6.45, 7) is 0. The fourth-order valence-electron chi connectivity index (χ4n) is 9.32. The van der Waals surface area contributed by atoms with E-state index in [1.807, 2.05) is 0 Å². The minimum atomic E-state index is -0.390. The Morgan fingerprint density at radius 2 is 0.755 bits per heavy atom. The van der Waals surface area contributed by atoms with E-state index in [4.69, 9.17) is 0 Å². The first-order chi connectivity index (χ1) is 24.3. The van der Waals surface area contributed by atoms with Crippen molar-refractivity contribution in [3.63, 3.8) is 0 Å². The van der Waals surface area contributed by atoms with E-state index in [9.17, 15) is 0 Å². The average Bonchev–Trinajstić information content (AvgIpc) is 3.64.